The summed E-state index contributed by atoms with van der Waals surface area (Å²) in [5.41, 5.74) is 9.67. The van der Waals surface area contributed by atoms with Gasteiger partial charge in [0.15, 0.2) is 0 Å². The topological polar surface area (TPSA) is 153 Å². The molecule has 6 bridgehead atoms. The number of nitrogens with one attached hydrogen (secondary N) is 3. The molecule has 0 spiro atoms. The second-order valence-corrected chi connectivity index (χ2v) is 16.1. The molecule has 4 atom stereocenters. The summed E-state index contributed by atoms with van der Waals surface area (Å²) in [6.45, 7) is 13.4. The average molecular weight is 745 g/mol. The summed E-state index contributed by atoms with van der Waals surface area (Å²) >= 11 is 1.43. The molecule has 0 radical (unpaired) electrons. The van der Waals surface area contributed by atoms with Crippen molar-refractivity contribution in [1.29, 1.82) is 0 Å². The zero-order valence-corrected chi connectivity index (χ0v) is 32.8. The summed E-state index contributed by atoms with van der Waals surface area (Å²) in [7, 11) is 3.42. The van der Waals surface area contributed by atoms with Crippen LogP contribution < -0.4 is 16.1 Å². The molecule has 284 valence electrons. The van der Waals surface area contributed by atoms with Gasteiger partial charge in [0.2, 0.25) is 5.91 Å². The van der Waals surface area contributed by atoms with Crippen LogP contribution in [0, 0.1) is 11.3 Å². The Morgan fingerprint density at radius 1 is 1.17 bits per heavy atom. The molecule has 0 saturated carbocycles. The first-order valence-electron chi connectivity index (χ1n) is 18.5. The molecule has 1 fully saturated rings. The molecule has 3 N–H and O–H groups in total. The lowest BCUT2D eigenvalue weighted by Gasteiger charge is -2.36. The van der Waals surface area contributed by atoms with E-state index in [2.05, 4.69) is 53.5 Å². The highest BCUT2D eigenvalue weighted by atomic mass is 32.1. The minimum atomic E-state index is -0.914. The number of rotatable bonds is 8. The number of thiazole rings is 1. The van der Waals surface area contributed by atoms with Crippen molar-refractivity contribution in [2.75, 3.05) is 27.3 Å². The Kier molecular flexibility index (Phi) is 11.6. The maximum atomic E-state index is 14.1. The number of nitrogens with zero attached hydrogens (tertiary/aromatic N) is 5. The Hall–Kier alpha value is -4.24. The lowest BCUT2D eigenvalue weighted by Crippen LogP contribution is -2.61. The monoisotopic (exact) mass is 744 g/mol. The summed E-state index contributed by atoms with van der Waals surface area (Å²) in [6.07, 6.45) is 3.40. The Morgan fingerprint density at radius 2 is 1.96 bits per heavy atom. The van der Waals surface area contributed by atoms with E-state index in [9.17, 15) is 14.4 Å². The van der Waals surface area contributed by atoms with Gasteiger partial charge in [-0.05, 0) is 70.3 Å². The number of pyridine rings is 2. The van der Waals surface area contributed by atoms with Crippen LogP contribution in [-0.4, -0.2) is 87.7 Å². The van der Waals surface area contributed by atoms with Gasteiger partial charge in [-0.1, -0.05) is 27.7 Å². The first-order chi connectivity index (χ1) is 25.3. The fourth-order valence-corrected chi connectivity index (χ4v) is 8.25. The largest absolute Gasteiger partial charge is 0.464 e. The van der Waals surface area contributed by atoms with Gasteiger partial charge in [-0.15, -0.1) is 11.3 Å². The zero-order chi connectivity index (χ0) is 38.0. The number of hydrogen-bond acceptors (Lipinski definition) is 11. The molecule has 4 aromatic heterocycles. The summed E-state index contributed by atoms with van der Waals surface area (Å²) in [5.74, 6) is -1.03. The number of aromatic nitrogens is 4. The van der Waals surface area contributed by atoms with Crippen LogP contribution in [0.3, 0.4) is 0 Å². The third kappa shape index (κ3) is 8.01. The van der Waals surface area contributed by atoms with Gasteiger partial charge in [0, 0.05) is 54.7 Å². The van der Waals surface area contributed by atoms with Crippen LogP contribution in [0.1, 0.15) is 76.8 Å². The highest BCUT2D eigenvalue weighted by Crippen LogP contribution is 2.40. The van der Waals surface area contributed by atoms with Crippen LogP contribution in [0.5, 0.6) is 0 Å². The molecule has 13 nitrogen and oxygen atoms in total. The third-order valence-corrected chi connectivity index (χ3v) is 11.1. The zero-order valence-electron chi connectivity index (χ0n) is 32.0. The van der Waals surface area contributed by atoms with Crippen molar-refractivity contribution in [2.24, 2.45) is 11.3 Å². The highest BCUT2D eigenvalue weighted by molar-refractivity contribution is 7.10. The third-order valence-electron chi connectivity index (χ3n) is 10.2. The number of fused-ring (bicyclic) bond motifs is 6. The quantitative estimate of drug-likeness (QED) is 0.214. The van der Waals surface area contributed by atoms with Gasteiger partial charge in [-0.2, -0.15) is 0 Å². The Morgan fingerprint density at radius 3 is 2.68 bits per heavy atom. The van der Waals surface area contributed by atoms with E-state index < -0.39 is 29.5 Å². The van der Waals surface area contributed by atoms with Crippen molar-refractivity contribution in [3.8, 4) is 22.6 Å². The number of cyclic esters (lactones) is 1. The van der Waals surface area contributed by atoms with Crippen molar-refractivity contribution in [2.45, 2.75) is 98.0 Å². The second-order valence-electron chi connectivity index (χ2n) is 15.1. The van der Waals surface area contributed by atoms with Crippen molar-refractivity contribution >= 4 is 40.2 Å². The SMILES string of the molecule is CCn1c(-c2cccnc2[C@H](C)OC)c2c3nc(ccc31)-c1csc(n1)C[C@H](NC(=O)C(NC)C(C)C)C(=O)N1CCC[C@H](N1)C(=O)OCC(C)(C)C2. The molecule has 0 aliphatic carbocycles. The molecular formula is C39H52N8O5S. The van der Waals surface area contributed by atoms with E-state index in [0.29, 0.717) is 48.7 Å². The number of amides is 2. The number of hydrogen-bond donors (Lipinski definition) is 3. The maximum Gasteiger partial charge on any atom is 0.324 e. The molecule has 1 unspecified atom stereocenters. The highest BCUT2D eigenvalue weighted by Gasteiger charge is 2.36. The van der Waals surface area contributed by atoms with Gasteiger partial charge in [0.25, 0.3) is 5.91 Å². The normalized spacial score (nSPS) is 20.6. The van der Waals surface area contributed by atoms with Gasteiger partial charge < -0.3 is 24.7 Å². The predicted molar refractivity (Wildman–Crippen MR) is 205 cm³/mol. The standard InChI is InChI=1S/C39H52N8O5S/c1-9-46-30-15-14-26-29-20-53-31(42-29)18-28(44-36(48)32(40-7)22(2)3)37(49)47-17-11-13-27(45-47)38(50)52-21-39(5,6)19-25(34(30)43-26)35(46)24-12-10-16-41-33(24)23(4)51-8/h10,12,14-16,20,22-23,27-28,32,40,45H,9,11,13,17-19,21H2,1-8H3,(H,44,48)/t23-,27-,28-,32?/m0/s1. The van der Waals surface area contributed by atoms with Gasteiger partial charge in [-0.3, -0.25) is 24.4 Å². The van der Waals surface area contributed by atoms with Gasteiger partial charge in [-0.25, -0.2) is 15.4 Å². The number of likely N-dealkylation sites (N-methyl/N-ethyl adjacent to an activating group) is 1. The fraction of sp³-hybridized carbons (Fsp3) is 0.538. The van der Waals surface area contributed by atoms with Crippen LogP contribution in [-0.2, 0) is 43.2 Å². The van der Waals surface area contributed by atoms with Gasteiger partial charge in [0.1, 0.15) is 12.1 Å². The molecule has 6 rings (SSSR count). The molecular weight excluding hydrogens is 693 g/mol. The van der Waals surface area contributed by atoms with E-state index in [4.69, 9.17) is 24.4 Å². The van der Waals surface area contributed by atoms with Crippen LogP contribution in [0.2, 0.25) is 0 Å². The first kappa shape index (κ1) is 38.5. The minimum Gasteiger partial charge on any atom is -0.464 e. The molecule has 2 amide bonds. The van der Waals surface area contributed by atoms with E-state index >= 15 is 0 Å². The summed E-state index contributed by atoms with van der Waals surface area (Å²) in [4.78, 5) is 56.2. The summed E-state index contributed by atoms with van der Waals surface area (Å²) in [6, 6.07) is 5.98. The van der Waals surface area contributed by atoms with Crippen LogP contribution in [0.15, 0.2) is 35.8 Å². The van der Waals surface area contributed by atoms with E-state index in [1.807, 2.05) is 38.3 Å². The Labute approximate surface area is 315 Å². The van der Waals surface area contributed by atoms with E-state index in [1.54, 1.807) is 20.4 Å². The van der Waals surface area contributed by atoms with Gasteiger partial charge in [0.05, 0.1) is 57.6 Å². The summed E-state index contributed by atoms with van der Waals surface area (Å²) < 4.78 is 14.1. The number of ether oxygens (including phenoxy) is 2. The van der Waals surface area contributed by atoms with Crippen LogP contribution in [0.4, 0.5) is 0 Å². The second kappa shape index (κ2) is 16.0. The van der Waals surface area contributed by atoms with Gasteiger partial charge >= 0.3 is 5.97 Å². The molecule has 0 aromatic carbocycles. The number of methoxy groups -OCH3 is 1. The molecule has 53 heavy (non-hydrogen) atoms. The van der Waals surface area contributed by atoms with Crippen molar-refractivity contribution in [3.63, 3.8) is 0 Å². The van der Waals surface area contributed by atoms with Crippen molar-refractivity contribution in [1.82, 2.24) is 40.6 Å². The molecule has 6 heterocycles. The molecule has 4 aromatic rings. The molecule has 2 aliphatic rings. The number of aryl methyl sites for hydroxylation is 1. The minimum absolute atomic E-state index is 0.000570. The Balaban J connectivity index is 1.49. The number of esters is 1. The van der Waals surface area contributed by atoms with Crippen LogP contribution >= 0.6 is 11.3 Å². The molecule has 14 heteroatoms. The number of hydrazine groups is 1. The average Bonchev–Trinajstić information content (AvgIpc) is 3.74. The molecule has 1 saturated heterocycles. The van der Waals surface area contributed by atoms with Crippen molar-refractivity contribution < 1.29 is 23.9 Å². The van der Waals surface area contributed by atoms with E-state index in [0.717, 1.165) is 33.5 Å². The maximum absolute atomic E-state index is 14.1. The fourth-order valence-electron chi connectivity index (χ4n) is 7.41. The predicted octanol–water partition coefficient (Wildman–Crippen LogP) is 4.84. The summed E-state index contributed by atoms with van der Waals surface area (Å²) in [5, 5.41) is 10.2. The molecule has 2 aliphatic heterocycles. The van der Waals surface area contributed by atoms with E-state index in [-0.39, 0.29) is 36.9 Å². The van der Waals surface area contributed by atoms with Crippen LogP contribution in [0.25, 0.3) is 33.7 Å². The smallest absolute Gasteiger partial charge is 0.324 e. The first-order valence-corrected chi connectivity index (χ1v) is 19.4. The lowest BCUT2D eigenvalue weighted by molar-refractivity contribution is -0.155. The number of carbonyl (C=O) groups excluding carboxylic acids is 3. The lowest BCUT2D eigenvalue weighted by atomic mass is 9.85. The van der Waals surface area contributed by atoms with E-state index in [1.165, 1.54) is 16.3 Å². The Bertz CT molecular complexity index is 1970. The number of carbonyl (C=O) groups is 3. The van der Waals surface area contributed by atoms with Crippen molar-refractivity contribution in [3.05, 3.63) is 52.1 Å².